The number of nitrogens with zero attached hydrogens (tertiary/aromatic N) is 1. The van der Waals surface area contributed by atoms with Crippen LogP contribution in [0.1, 0.15) is 6.92 Å². The second-order valence-electron chi connectivity index (χ2n) is 3.56. The van der Waals surface area contributed by atoms with Gasteiger partial charge in [-0.2, -0.15) is 0 Å². The molecule has 0 amide bonds. The molecule has 5 nitrogen and oxygen atoms in total. The number of hydrogen-bond acceptors (Lipinski definition) is 4. The molecule has 0 saturated heterocycles. The highest BCUT2D eigenvalue weighted by molar-refractivity contribution is 5.95. The standard InChI is InChI=1S/C10H10N2O3/c1-6(13)7-3-2-4-8-10(7)9(5-11-8)12(14)15/h2-5,8,10-11H,1H3. The maximum absolute atomic E-state index is 11.3. The van der Waals surface area contributed by atoms with E-state index in [0.717, 1.165) is 0 Å². The molecular weight excluding hydrogens is 196 g/mol. The lowest BCUT2D eigenvalue weighted by atomic mass is 9.85. The third-order valence-corrected chi connectivity index (χ3v) is 2.65. The number of carbonyl (C=O) groups excluding carboxylic acids is 1. The van der Waals surface area contributed by atoms with Crippen molar-refractivity contribution in [3.05, 3.63) is 45.8 Å². The summed E-state index contributed by atoms with van der Waals surface area (Å²) in [5.74, 6) is -0.562. The lowest BCUT2D eigenvalue weighted by Gasteiger charge is -2.20. The Bertz CT molecular complexity index is 420. The molecule has 5 heteroatoms. The maximum Gasteiger partial charge on any atom is 0.271 e. The number of hydrogen-bond donors (Lipinski definition) is 1. The molecule has 2 aliphatic rings. The maximum atomic E-state index is 11.3. The minimum absolute atomic E-state index is 0.0609. The van der Waals surface area contributed by atoms with Gasteiger partial charge in [-0.3, -0.25) is 14.9 Å². The molecule has 0 spiro atoms. The molecule has 2 rings (SSSR count). The monoisotopic (exact) mass is 206 g/mol. The van der Waals surface area contributed by atoms with E-state index in [2.05, 4.69) is 5.32 Å². The van der Waals surface area contributed by atoms with Crippen molar-refractivity contribution >= 4 is 5.78 Å². The minimum Gasteiger partial charge on any atom is -0.378 e. The first kappa shape index (κ1) is 9.64. The van der Waals surface area contributed by atoms with Gasteiger partial charge >= 0.3 is 0 Å². The van der Waals surface area contributed by atoms with Crippen LogP contribution >= 0.6 is 0 Å². The second-order valence-corrected chi connectivity index (χ2v) is 3.56. The lowest BCUT2D eigenvalue weighted by molar-refractivity contribution is -0.431. The summed E-state index contributed by atoms with van der Waals surface area (Å²) >= 11 is 0. The van der Waals surface area contributed by atoms with E-state index in [1.165, 1.54) is 13.1 Å². The molecule has 15 heavy (non-hydrogen) atoms. The van der Waals surface area contributed by atoms with Gasteiger partial charge in [0, 0.05) is 5.57 Å². The number of nitrogens with one attached hydrogen (secondary N) is 1. The highest BCUT2D eigenvalue weighted by atomic mass is 16.6. The molecular formula is C10H10N2O3. The Morgan fingerprint density at radius 1 is 1.60 bits per heavy atom. The van der Waals surface area contributed by atoms with Gasteiger partial charge in [0.2, 0.25) is 0 Å². The first-order valence-corrected chi connectivity index (χ1v) is 4.61. The molecule has 0 aromatic carbocycles. The SMILES string of the molecule is CC(=O)C1=CC=CC2NC=C([N+](=O)[O-])C12. The van der Waals surface area contributed by atoms with E-state index >= 15 is 0 Å². The first-order valence-electron chi connectivity index (χ1n) is 4.61. The number of fused-ring (bicyclic) bond motifs is 1. The summed E-state index contributed by atoms with van der Waals surface area (Å²) in [6.07, 6.45) is 6.60. The van der Waals surface area contributed by atoms with Crippen molar-refractivity contribution in [3.63, 3.8) is 0 Å². The van der Waals surface area contributed by atoms with E-state index in [9.17, 15) is 14.9 Å². The zero-order valence-corrected chi connectivity index (χ0v) is 8.14. The Morgan fingerprint density at radius 2 is 2.33 bits per heavy atom. The molecule has 0 aromatic rings. The van der Waals surface area contributed by atoms with Crippen LogP contribution in [0.15, 0.2) is 35.7 Å². The number of nitro groups is 1. The normalized spacial score (nSPS) is 27.5. The van der Waals surface area contributed by atoms with Crippen molar-refractivity contribution in [1.82, 2.24) is 5.32 Å². The van der Waals surface area contributed by atoms with Crippen LogP contribution in [0.4, 0.5) is 0 Å². The van der Waals surface area contributed by atoms with Crippen molar-refractivity contribution in [2.75, 3.05) is 0 Å². The molecule has 1 aliphatic carbocycles. The fourth-order valence-corrected chi connectivity index (χ4v) is 1.96. The summed E-state index contributed by atoms with van der Waals surface area (Å²) < 4.78 is 0. The average Bonchev–Trinajstić information content (AvgIpc) is 2.60. The predicted octanol–water partition coefficient (Wildman–Crippen LogP) is 0.778. The molecule has 0 bridgehead atoms. The third kappa shape index (κ3) is 1.45. The summed E-state index contributed by atoms with van der Waals surface area (Å²) in [6, 6.07) is -0.158. The smallest absolute Gasteiger partial charge is 0.271 e. The molecule has 1 heterocycles. The van der Waals surface area contributed by atoms with Gasteiger partial charge in [0.05, 0.1) is 17.2 Å². The summed E-state index contributed by atoms with van der Waals surface area (Å²) in [6.45, 7) is 1.43. The fraction of sp³-hybridized carbons (Fsp3) is 0.300. The number of ketones is 1. The van der Waals surface area contributed by atoms with Gasteiger partial charge in [0.15, 0.2) is 5.78 Å². The van der Waals surface area contributed by atoms with Crippen molar-refractivity contribution in [3.8, 4) is 0 Å². The first-order chi connectivity index (χ1) is 7.11. The summed E-state index contributed by atoms with van der Waals surface area (Å²) in [7, 11) is 0. The number of Topliss-reactive ketones (excluding diaryl/α,β-unsaturated/α-hetero) is 1. The van der Waals surface area contributed by atoms with Gasteiger partial charge in [-0.25, -0.2) is 0 Å². The van der Waals surface area contributed by atoms with Gasteiger partial charge < -0.3 is 5.32 Å². The van der Waals surface area contributed by atoms with E-state index in [-0.39, 0.29) is 17.5 Å². The zero-order valence-electron chi connectivity index (χ0n) is 8.14. The minimum atomic E-state index is -0.442. The largest absolute Gasteiger partial charge is 0.378 e. The zero-order chi connectivity index (χ0) is 11.0. The Kier molecular flexibility index (Phi) is 2.15. The van der Waals surface area contributed by atoms with E-state index in [0.29, 0.717) is 5.57 Å². The van der Waals surface area contributed by atoms with Crippen LogP contribution in [0.25, 0.3) is 0 Å². The van der Waals surface area contributed by atoms with E-state index in [1.807, 2.05) is 6.08 Å². The molecule has 1 aliphatic heterocycles. The van der Waals surface area contributed by atoms with Crippen LogP contribution < -0.4 is 5.32 Å². The van der Waals surface area contributed by atoms with Crippen LogP contribution in [-0.4, -0.2) is 16.7 Å². The Morgan fingerprint density at radius 3 is 2.93 bits per heavy atom. The molecule has 0 fully saturated rings. The third-order valence-electron chi connectivity index (χ3n) is 2.65. The molecule has 1 N–H and O–H groups in total. The van der Waals surface area contributed by atoms with E-state index in [1.54, 1.807) is 12.2 Å². The van der Waals surface area contributed by atoms with Crippen molar-refractivity contribution in [1.29, 1.82) is 0 Å². The van der Waals surface area contributed by atoms with E-state index < -0.39 is 10.8 Å². The topological polar surface area (TPSA) is 72.2 Å². The van der Waals surface area contributed by atoms with Gasteiger partial charge in [-0.1, -0.05) is 18.2 Å². The quantitative estimate of drug-likeness (QED) is 0.535. The lowest BCUT2D eigenvalue weighted by Crippen LogP contribution is -2.31. The van der Waals surface area contributed by atoms with Gasteiger partial charge in [0.1, 0.15) is 5.92 Å². The van der Waals surface area contributed by atoms with Crippen LogP contribution in [0.3, 0.4) is 0 Å². The van der Waals surface area contributed by atoms with Crippen LogP contribution in [0.2, 0.25) is 0 Å². The van der Waals surface area contributed by atoms with E-state index in [4.69, 9.17) is 0 Å². The second kappa shape index (κ2) is 3.34. The average molecular weight is 206 g/mol. The summed E-state index contributed by atoms with van der Waals surface area (Å²) in [5, 5.41) is 13.7. The molecule has 78 valence electrons. The number of rotatable bonds is 2. The summed E-state index contributed by atoms with van der Waals surface area (Å²) in [4.78, 5) is 21.7. The van der Waals surface area contributed by atoms with Gasteiger partial charge in [-0.15, -0.1) is 0 Å². The summed E-state index contributed by atoms with van der Waals surface area (Å²) in [5.41, 5.74) is 0.557. The molecule has 0 saturated carbocycles. The van der Waals surface area contributed by atoms with Crippen molar-refractivity contribution in [2.24, 2.45) is 5.92 Å². The molecule has 0 radical (unpaired) electrons. The van der Waals surface area contributed by atoms with Crippen LogP contribution in [0, 0.1) is 16.0 Å². The number of carbonyl (C=O) groups is 1. The highest BCUT2D eigenvalue weighted by Gasteiger charge is 2.41. The van der Waals surface area contributed by atoms with Crippen LogP contribution in [-0.2, 0) is 4.79 Å². The van der Waals surface area contributed by atoms with Crippen LogP contribution in [0.5, 0.6) is 0 Å². The Labute approximate surface area is 86.3 Å². The fourth-order valence-electron chi connectivity index (χ4n) is 1.96. The highest BCUT2D eigenvalue weighted by Crippen LogP contribution is 2.32. The van der Waals surface area contributed by atoms with Gasteiger partial charge in [0.25, 0.3) is 5.70 Å². The molecule has 2 atom stereocenters. The Balaban J connectivity index is 2.39. The Hall–Kier alpha value is -1.91. The van der Waals surface area contributed by atoms with Crippen molar-refractivity contribution < 1.29 is 9.72 Å². The van der Waals surface area contributed by atoms with Gasteiger partial charge in [-0.05, 0) is 6.92 Å². The molecule has 2 unspecified atom stereocenters. The number of allylic oxidation sites excluding steroid dienone is 2. The molecule has 0 aromatic heterocycles. The predicted molar refractivity (Wildman–Crippen MR) is 53.4 cm³/mol. The van der Waals surface area contributed by atoms with Crippen molar-refractivity contribution in [2.45, 2.75) is 13.0 Å².